The molecule has 2 aromatic heterocycles. The summed E-state index contributed by atoms with van der Waals surface area (Å²) in [4.78, 5) is 40.8. The molecule has 0 aliphatic heterocycles. The third-order valence-electron chi connectivity index (χ3n) is 4.77. The predicted molar refractivity (Wildman–Crippen MR) is 123 cm³/mol. The summed E-state index contributed by atoms with van der Waals surface area (Å²) in [5, 5.41) is 6.99. The maximum atomic E-state index is 12.6. The molecule has 3 amide bonds. The predicted octanol–water partition coefficient (Wildman–Crippen LogP) is 2.50. The Morgan fingerprint density at radius 1 is 0.853 bits per heavy atom. The van der Waals surface area contributed by atoms with Gasteiger partial charge in [0.25, 0.3) is 5.91 Å². The molecule has 2 heterocycles. The van der Waals surface area contributed by atoms with E-state index in [-0.39, 0.29) is 30.5 Å². The first-order chi connectivity index (χ1) is 16.6. The molecule has 0 radical (unpaired) electrons. The fourth-order valence-corrected chi connectivity index (χ4v) is 3.12. The Balaban J connectivity index is 1.33. The Hall–Kier alpha value is -4.73. The van der Waals surface area contributed by atoms with Crippen LogP contribution in [-0.4, -0.2) is 39.0 Å². The average Bonchev–Trinajstić information content (AvgIpc) is 3.57. The van der Waals surface area contributed by atoms with E-state index < -0.39 is 11.8 Å². The number of carbonyl (C=O) groups is 3. The van der Waals surface area contributed by atoms with Crippen molar-refractivity contribution in [3.8, 4) is 17.1 Å². The van der Waals surface area contributed by atoms with Gasteiger partial charge in [-0.2, -0.15) is 0 Å². The van der Waals surface area contributed by atoms with E-state index in [1.54, 1.807) is 16.8 Å². The van der Waals surface area contributed by atoms with Crippen molar-refractivity contribution in [2.45, 2.75) is 12.8 Å². The number of para-hydroxylation sites is 1. The standard InChI is InChI=1S/C24H22N6O4/c31-20(14-7-15-25-23(32)19-13-8-16-34-19)27-28-24(33)21-26-22(17-9-3-1-4-10-17)30(29-21)18-11-5-2-6-12-18/h1-6,8-13,16H,7,14-15H2,(H,25,32)(H,27,31)(H,28,33). The van der Waals surface area contributed by atoms with Crippen LogP contribution < -0.4 is 16.2 Å². The van der Waals surface area contributed by atoms with Crippen molar-refractivity contribution in [2.75, 3.05) is 6.54 Å². The van der Waals surface area contributed by atoms with Crippen LogP contribution in [0.1, 0.15) is 34.0 Å². The number of furan rings is 1. The van der Waals surface area contributed by atoms with Crippen molar-refractivity contribution in [3.63, 3.8) is 0 Å². The molecule has 0 saturated carbocycles. The smallest absolute Gasteiger partial charge is 0.309 e. The van der Waals surface area contributed by atoms with Crippen LogP contribution in [0.4, 0.5) is 0 Å². The van der Waals surface area contributed by atoms with Gasteiger partial charge in [-0.05, 0) is 30.7 Å². The molecule has 0 aliphatic rings. The van der Waals surface area contributed by atoms with Crippen LogP contribution in [0, 0.1) is 0 Å². The summed E-state index contributed by atoms with van der Waals surface area (Å²) in [6.07, 6.45) is 1.89. The molecule has 10 nitrogen and oxygen atoms in total. The van der Waals surface area contributed by atoms with Crippen LogP contribution in [0.2, 0.25) is 0 Å². The number of aromatic nitrogens is 3. The number of rotatable bonds is 8. The van der Waals surface area contributed by atoms with E-state index in [1.807, 2.05) is 60.7 Å². The lowest BCUT2D eigenvalue weighted by molar-refractivity contribution is -0.121. The SMILES string of the molecule is O=C(CCCNC(=O)c1ccco1)NNC(=O)c1nc(-c2ccccc2)n(-c2ccccc2)n1. The monoisotopic (exact) mass is 458 g/mol. The molecule has 34 heavy (non-hydrogen) atoms. The minimum Gasteiger partial charge on any atom is -0.459 e. The second-order valence-corrected chi connectivity index (χ2v) is 7.21. The zero-order valence-electron chi connectivity index (χ0n) is 18.1. The molecule has 4 aromatic rings. The van der Waals surface area contributed by atoms with Gasteiger partial charge in [-0.25, -0.2) is 9.67 Å². The minimum absolute atomic E-state index is 0.0892. The zero-order valence-corrected chi connectivity index (χ0v) is 18.1. The van der Waals surface area contributed by atoms with Gasteiger partial charge in [0, 0.05) is 18.5 Å². The van der Waals surface area contributed by atoms with Gasteiger partial charge in [-0.1, -0.05) is 48.5 Å². The number of hydrazine groups is 1. The summed E-state index contributed by atoms with van der Waals surface area (Å²) in [5.41, 5.74) is 6.22. The molecule has 0 saturated heterocycles. The van der Waals surface area contributed by atoms with E-state index in [0.29, 0.717) is 12.2 Å². The minimum atomic E-state index is -0.647. The Bertz CT molecular complexity index is 1200. The normalized spacial score (nSPS) is 10.5. The summed E-state index contributed by atoms with van der Waals surface area (Å²) < 4.78 is 6.57. The summed E-state index contributed by atoms with van der Waals surface area (Å²) in [6, 6.07) is 21.9. The van der Waals surface area contributed by atoms with Crippen molar-refractivity contribution in [3.05, 3.63) is 90.6 Å². The van der Waals surface area contributed by atoms with E-state index in [1.165, 1.54) is 6.26 Å². The molecule has 0 unspecified atom stereocenters. The van der Waals surface area contributed by atoms with Crippen molar-refractivity contribution in [2.24, 2.45) is 0 Å². The molecule has 0 spiro atoms. The summed E-state index contributed by atoms with van der Waals surface area (Å²) in [5.74, 6) is -0.802. The first kappa shape index (κ1) is 22.5. The molecular formula is C24H22N6O4. The number of carbonyl (C=O) groups excluding carboxylic acids is 3. The highest BCUT2D eigenvalue weighted by atomic mass is 16.3. The highest BCUT2D eigenvalue weighted by Gasteiger charge is 2.19. The zero-order chi connectivity index (χ0) is 23.8. The largest absolute Gasteiger partial charge is 0.459 e. The molecule has 4 rings (SSSR count). The number of nitrogens with zero attached hydrogens (tertiary/aromatic N) is 3. The van der Waals surface area contributed by atoms with Crippen LogP contribution in [-0.2, 0) is 4.79 Å². The van der Waals surface area contributed by atoms with Crippen LogP contribution in [0.3, 0.4) is 0 Å². The third-order valence-corrected chi connectivity index (χ3v) is 4.77. The van der Waals surface area contributed by atoms with Crippen molar-refractivity contribution in [1.29, 1.82) is 0 Å². The van der Waals surface area contributed by atoms with Crippen molar-refractivity contribution >= 4 is 17.7 Å². The van der Waals surface area contributed by atoms with E-state index in [9.17, 15) is 14.4 Å². The Morgan fingerprint density at radius 2 is 1.59 bits per heavy atom. The fourth-order valence-electron chi connectivity index (χ4n) is 3.12. The second kappa shape index (κ2) is 10.7. The molecule has 2 aromatic carbocycles. The van der Waals surface area contributed by atoms with Gasteiger partial charge in [0.1, 0.15) is 0 Å². The molecule has 0 aliphatic carbocycles. The quantitative estimate of drug-likeness (QED) is 0.275. The summed E-state index contributed by atoms with van der Waals surface area (Å²) in [7, 11) is 0. The van der Waals surface area contributed by atoms with E-state index in [2.05, 4.69) is 26.3 Å². The van der Waals surface area contributed by atoms with Gasteiger partial charge in [-0.15, -0.1) is 5.10 Å². The maximum Gasteiger partial charge on any atom is 0.309 e. The topological polar surface area (TPSA) is 131 Å². The second-order valence-electron chi connectivity index (χ2n) is 7.21. The Labute approximate surface area is 195 Å². The highest BCUT2D eigenvalue weighted by Crippen LogP contribution is 2.20. The summed E-state index contributed by atoms with van der Waals surface area (Å²) in [6.45, 7) is 0.282. The van der Waals surface area contributed by atoms with Gasteiger partial charge in [0.05, 0.1) is 12.0 Å². The van der Waals surface area contributed by atoms with E-state index in [4.69, 9.17) is 4.42 Å². The van der Waals surface area contributed by atoms with Gasteiger partial charge >= 0.3 is 5.91 Å². The van der Waals surface area contributed by atoms with Crippen molar-refractivity contribution in [1.82, 2.24) is 30.9 Å². The molecule has 172 valence electrons. The van der Waals surface area contributed by atoms with Crippen LogP contribution in [0.25, 0.3) is 17.1 Å². The van der Waals surface area contributed by atoms with Crippen LogP contribution >= 0.6 is 0 Å². The molecule has 0 atom stereocenters. The maximum absolute atomic E-state index is 12.6. The highest BCUT2D eigenvalue weighted by molar-refractivity contribution is 5.93. The number of nitrogens with one attached hydrogen (secondary N) is 3. The molecule has 0 bridgehead atoms. The first-order valence-electron chi connectivity index (χ1n) is 10.6. The molecule has 0 fully saturated rings. The van der Waals surface area contributed by atoms with Crippen LogP contribution in [0.15, 0.2) is 83.5 Å². The number of hydrogen-bond donors (Lipinski definition) is 3. The third kappa shape index (κ3) is 5.54. The average molecular weight is 458 g/mol. The number of benzene rings is 2. The number of hydrogen-bond acceptors (Lipinski definition) is 6. The van der Waals surface area contributed by atoms with Gasteiger partial charge in [0.15, 0.2) is 11.6 Å². The van der Waals surface area contributed by atoms with Crippen LogP contribution in [0.5, 0.6) is 0 Å². The lowest BCUT2D eigenvalue weighted by Crippen LogP contribution is -2.42. The fraction of sp³-hybridized carbons (Fsp3) is 0.125. The first-order valence-corrected chi connectivity index (χ1v) is 10.6. The summed E-state index contributed by atoms with van der Waals surface area (Å²) >= 11 is 0. The molecule has 10 heteroatoms. The Kier molecular flexibility index (Phi) is 7.09. The van der Waals surface area contributed by atoms with Gasteiger partial charge in [-0.3, -0.25) is 25.2 Å². The Morgan fingerprint density at radius 3 is 2.29 bits per heavy atom. The lowest BCUT2D eigenvalue weighted by Gasteiger charge is -2.06. The molecular weight excluding hydrogens is 436 g/mol. The van der Waals surface area contributed by atoms with Gasteiger partial charge < -0.3 is 9.73 Å². The van der Waals surface area contributed by atoms with Crippen molar-refractivity contribution < 1.29 is 18.8 Å². The lowest BCUT2D eigenvalue weighted by atomic mass is 10.2. The van der Waals surface area contributed by atoms with E-state index >= 15 is 0 Å². The van der Waals surface area contributed by atoms with E-state index in [0.717, 1.165) is 11.3 Å². The molecule has 3 N–H and O–H groups in total. The van der Waals surface area contributed by atoms with Gasteiger partial charge in [0.2, 0.25) is 11.7 Å². The number of amides is 3.